The lowest BCUT2D eigenvalue weighted by molar-refractivity contribution is 0.565. The fourth-order valence-corrected chi connectivity index (χ4v) is 4.40. The van der Waals surface area contributed by atoms with E-state index in [-0.39, 0.29) is 10.9 Å². The van der Waals surface area contributed by atoms with Crippen LogP contribution in [0.4, 0.5) is 11.4 Å². The van der Waals surface area contributed by atoms with E-state index in [4.69, 9.17) is 0 Å². The molecular formula is C20H29N3O4S2. The highest BCUT2D eigenvalue weighted by Crippen LogP contribution is 2.21. The molecule has 0 aliphatic heterocycles. The summed E-state index contributed by atoms with van der Waals surface area (Å²) in [6.07, 6.45) is 0. The van der Waals surface area contributed by atoms with Gasteiger partial charge in [0.25, 0.3) is 0 Å². The van der Waals surface area contributed by atoms with E-state index in [1.54, 1.807) is 71.0 Å². The molecule has 29 heavy (non-hydrogen) atoms. The van der Waals surface area contributed by atoms with Crippen LogP contribution in [0.1, 0.15) is 40.2 Å². The summed E-state index contributed by atoms with van der Waals surface area (Å²) in [4.78, 5) is 0.197. The molecule has 0 radical (unpaired) electrons. The maximum Gasteiger partial charge on any atom is 0.240 e. The van der Waals surface area contributed by atoms with E-state index >= 15 is 0 Å². The Morgan fingerprint density at radius 1 is 0.897 bits per heavy atom. The van der Waals surface area contributed by atoms with Crippen molar-refractivity contribution in [1.29, 1.82) is 0 Å². The first-order valence-electron chi connectivity index (χ1n) is 9.28. The second-order valence-corrected chi connectivity index (χ2v) is 12.2. The van der Waals surface area contributed by atoms with Crippen molar-refractivity contribution >= 4 is 31.4 Å². The molecule has 0 unspecified atom stereocenters. The largest absolute Gasteiger partial charge is 0.381 e. The zero-order valence-electron chi connectivity index (χ0n) is 17.4. The Kier molecular flexibility index (Phi) is 6.97. The minimum absolute atomic E-state index is 0.189. The van der Waals surface area contributed by atoms with Gasteiger partial charge in [0, 0.05) is 24.0 Å². The molecule has 0 saturated heterocycles. The molecule has 0 aromatic heterocycles. The van der Waals surface area contributed by atoms with Crippen molar-refractivity contribution in [3.63, 3.8) is 0 Å². The SMILES string of the molecule is CC(C)NS(=O)(=O)c1cccc(NCc2ccc(NS(=O)(=O)C(C)(C)C)cc2)c1. The standard InChI is InChI=1S/C20H29N3O4S2/c1-15(2)22-28(24,25)19-8-6-7-18(13-19)21-14-16-9-11-17(12-10-16)23-29(26,27)20(3,4)5/h6-13,15,21-23H,14H2,1-5H3. The van der Waals surface area contributed by atoms with E-state index in [0.29, 0.717) is 17.9 Å². The zero-order valence-corrected chi connectivity index (χ0v) is 19.0. The first kappa shape index (κ1) is 23.2. The first-order valence-corrected chi connectivity index (χ1v) is 12.2. The van der Waals surface area contributed by atoms with Crippen LogP contribution in [0, 0.1) is 0 Å². The van der Waals surface area contributed by atoms with Gasteiger partial charge >= 0.3 is 0 Å². The van der Waals surface area contributed by atoms with Crippen molar-refractivity contribution in [3.05, 3.63) is 54.1 Å². The Hall–Kier alpha value is -2.10. The smallest absolute Gasteiger partial charge is 0.240 e. The molecule has 0 spiro atoms. The molecule has 2 aromatic rings. The summed E-state index contributed by atoms with van der Waals surface area (Å²) in [6, 6.07) is 13.4. The Morgan fingerprint density at radius 3 is 2.07 bits per heavy atom. The number of anilines is 2. The molecule has 3 N–H and O–H groups in total. The average Bonchev–Trinajstić information content (AvgIpc) is 2.59. The Labute approximate surface area is 174 Å². The van der Waals surface area contributed by atoms with E-state index in [1.807, 2.05) is 12.1 Å². The summed E-state index contributed by atoms with van der Waals surface area (Å²) in [6.45, 7) is 8.92. The molecule has 0 amide bonds. The fraction of sp³-hybridized carbons (Fsp3) is 0.400. The third-order valence-corrected chi connectivity index (χ3v) is 7.82. The molecule has 2 aromatic carbocycles. The molecule has 0 fully saturated rings. The minimum Gasteiger partial charge on any atom is -0.381 e. The number of hydrogen-bond donors (Lipinski definition) is 3. The molecule has 7 nitrogen and oxygen atoms in total. The second kappa shape index (κ2) is 8.73. The Balaban J connectivity index is 2.05. The molecule has 9 heteroatoms. The lowest BCUT2D eigenvalue weighted by Gasteiger charge is -2.20. The third kappa shape index (κ3) is 6.45. The molecular weight excluding hydrogens is 410 g/mol. The van der Waals surface area contributed by atoms with Gasteiger partial charge in [0.2, 0.25) is 20.0 Å². The van der Waals surface area contributed by atoms with Crippen molar-refractivity contribution in [3.8, 4) is 0 Å². The lowest BCUT2D eigenvalue weighted by atomic mass is 10.2. The lowest BCUT2D eigenvalue weighted by Crippen LogP contribution is -2.33. The molecule has 0 atom stereocenters. The van der Waals surface area contributed by atoms with Crippen molar-refractivity contribution in [2.45, 2.75) is 56.8 Å². The van der Waals surface area contributed by atoms with Crippen molar-refractivity contribution in [2.75, 3.05) is 10.0 Å². The fourth-order valence-electron chi connectivity index (χ4n) is 2.35. The predicted molar refractivity (Wildman–Crippen MR) is 118 cm³/mol. The third-order valence-electron chi connectivity index (χ3n) is 4.04. The molecule has 0 heterocycles. The number of rotatable bonds is 8. The highest BCUT2D eigenvalue weighted by Gasteiger charge is 2.28. The van der Waals surface area contributed by atoms with Gasteiger partial charge < -0.3 is 5.32 Å². The molecule has 0 bridgehead atoms. The van der Waals surface area contributed by atoms with Gasteiger partial charge in [-0.1, -0.05) is 18.2 Å². The minimum atomic E-state index is -3.56. The van der Waals surface area contributed by atoms with Crippen molar-refractivity contribution in [2.24, 2.45) is 0 Å². The first-order chi connectivity index (χ1) is 13.3. The van der Waals surface area contributed by atoms with E-state index in [2.05, 4.69) is 14.8 Å². The van der Waals surface area contributed by atoms with Crippen LogP contribution in [-0.2, 0) is 26.6 Å². The van der Waals surface area contributed by atoms with Gasteiger partial charge in [-0.3, -0.25) is 4.72 Å². The van der Waals surface area contributed by atoms with Crippen molar-refractivity contribution < 1.29 is 16.8 Å². The van der Waals surface area contributed by atoms with Crippen LogP contribution in [0.3, 0.4) is 0 Å². The highest BCUT2D eigenvalue weighted by molar-refractivity contribution is 7.94. The van der Waals surface area contributed by atoms with Crippen LogP contribution in [-0.4, -0.2) is 27.6 Å². The average molecular weight is 440 g/mol. The number of hydrogen-bond acceptors (Lipinski definition) is 5. The Morgan fingerprint density at radius 2 is 1.52 bits per heavy atom. The summed E-state index contributed by atoms with van der Waals surface area (Å²) < 4.78 is 53.3. The number of nitrogens with one attached hydrogen (secondary N) is 3. The summed E-state index contributed by atoms with van der Waals surface area (Å²) in [5.74, 6) is 0. The molecule has 0 aliphatic rings. The van der Waals surface area contributed by atoms with Crippen LogP contribution in [0.15, 0.2) is 53.4 Å². The van der Waals surface area contributed by atoms with E-state index in [9.17, 15) is 16.8 Å². The number of sulfonamides is 2. The van der Waals surface area contributed by atoms with E-state index in [0.717, 1.165) is 5.56 Å². The predicted octanol–water partition coefficient (Wildman–Crippen LogP) is 3.53. The van der Waals surface area contributed by atoms with Crippen molar-refractivity contribution in [1.82, 2.24) is 4.72 Å². The Bertz CT molecular complexity index is 1040. The second-order valence-electron chi connectivity index (χ2n) is 8.07. The summed E-state index contributed by atoms with van der Waals surface area (Å²) in [5, 5.41) is 3.19. The van der Waals surface area contributed by atoms with Gasteiger partial charge in [-0.25, -0.2) is 21.6 Å². The van der Waals surface area contributed by atoms with Crippen LogP contribution in [0.25, 0.3) is 0 Å². The van der Waals surface area contributed by atoms with Crippen LogP contribution < -0.4 is 14.8 Å². The van der Waals surface area contributed by atoms with Gasteiger partial charge in [-0.05, 0) is 70.5 Å². The van der Waals surface area contributed by atoms with Gasteiger partial charge in [-0.15, -0.1) is 0 Å². The quantitative estimate of drug-likeness (QED) is 0.584. The van der Waals surface area contributed by atoms with E-state index < -0.39 is 24.8 Å². The number of benzene rings is 2. The molecule has 0 saturated carbocycles. The maximum atomic E-state index is 12.3. The molecule has 160 valence electrons. The van der Waals surface area contributed by atoms with Gasteiger partial charge in [0.15, 0.2) is 0 Å². The highest BCUT2D eigenvalue weighted by atomic mass is 32.2. The summed E-state index contributed by atoms with van der Waals surface area (Å²) in [5.41, 5.74) is 2.10. The summed E-state index contributed by atoms with van der Waals surface area (Å²) >= 11 is 0. The van der Waals surface area contributed by atoms with Gasteiger partial charge in [0.1, 0.15) is 0 Å². The monoisotopic (exact) mass is 439 g/mol. The summed E-state index contributed by atoms with van der Waals surface area (Å²) in [7, 11) is -7.03. The van der Waals surface area contributed by atoms with Gasteiger partial charge in [-0.2, -0.15) is 0 Å². The molecule has 0 aliphatic carbocycles. The topological polar surface area (TPSA) is 104 Å². The zero-order chi connectivity index (χ0) is 21.9. The van der Waals surface area contributed by atoms with E-state index in [1.165, 1.54) is 0 Å². The van der Waals surface area contributed by atoms with Crippen LogP contribution in [0.2, 0.25) is 0 Å². The van der Waals surface area contributed by atoms with Crippen LogP contribution >= 0.6 is 0 Å². The normalized spacial score (nSPS) is 12.8. The van der Waals surface area contributed by atoms with Gasteiger partial charge in [0.05, 0.1) is 9.64 Å². The van der Waals surface area contributed by atoms with Crippen LogP contribution in [0.5, 0.6) is 0 Å². The molecule has 2 rings (SSSR count). The maximum absolute atomic E-state index is 12.3.